The highest BCUT2D eigenvalue weighted by Gasteiger charge is 2.19. The third-order valence-corrected chi connectivity index (χ3v) is 4.27. The summed E-state index contributed by atoms with van der Waals surface area (Å²) in [7, 11) is -3.74. The van der Waals surface area contributed by atoms with Gasteiger partial charge in [0.15, 0.2) is 5.11 Å². The van der Waals surface area contributed by atoms with Crippen LogP contribution in [0.3, 0.4) is 0 Å². The lowest BCUT2D eigenvalue weighted by atomic mass is 10.3. The molecular formula is C12H14N4O3S2. The number of nitrogens with one attached hydrogen (secondary N) is 2. The Balaban J connectivity index is 2.23. The van der Waals surface area contributed by atoms with Gasteiger partial charge in [0.05, 0.1) is 10.6 Å². The van der Waals surface area contributed by atoms with Crippen molar-refractivity contribution in [2.24, 2.45) is 5.73 Å². The molecule has 0 atom stereocenters. The van der Waals surface area contributed by atoms with Crippen molar-refractivity contribution in [1.29, 1.82) is 0 Å². The van der Waals surface area contributed by atoms with E-state index in [1.54, 1.807) is 26.0 Å². The molecule has 1 heterocycles. The Hall–Kier alpha value is -2.13. The molecule has 0 radical (unpaired) electrons. The predicted octanol–water partition coefficient (Wildman–Crippen LogP) is 1.75. The highest BCUT2D eigenvalue weighted by molar-refractivity contribution is 7.92. The minimum Gasteiger partial charge on any atom is -0.376 e. The second-order valence-corrected chi connectivity index (χ2v) is 6.46. The maximum Gasteiger partial charge on any atom is 0.264 e. The minimum atomic E-state index is -3.74. The maximum absolute atomic E-state index is 12.2. The Labute approximate surface area is 127 Å². The zero-order valence-electron chi connectivity index (χ0n) is 11.4. The van der Waals surface area contributed by atoms with Crippen LogP contribution in [0.4, 0.5) is 11.6 Å². The summed E-state index contributed by atoms with van der Waals surface area (Å²) < 4.78 is 31.8. The Kier molecular flexibility index (Phi) is 4.14. The zero-order chi connectivity index (χ0) is 15.6. The van der Waals surface area contributed by atoms with E-state index in [-0.39, 0.29) is 15.9 Å². The number of thiocarbonyl (C=S) groups is 1. The van der Waals surface area contributed by atoms with E-state index in [4.69, 9.17) is 22.5 Å². The summed E-state index contributed by atoms with van der Waals surface area (Å²) >= 11 is 4.70. The number of rotatable bonds is 4. The van der Waals surface area contributed by atoms with Crippen LogP contribution in [0.2, 0.25) is 0 Å². The number of benzene rings is 1. The molecule has 7 nitrogen and oxygen atoms in total. The largest absolute Gasteiger partial charge is 0.376 e. The van der Waals surface area contributed by atoms with Crippen LogP contribution in [0.5, 0.6) is 0 Å². The van der Waals surface area contributed by atoms with Gasteiger partial charge in [-0.3, -0.25) is 0 Å². The van der Waals surface area contributed by atoms with E-state index in [0.29, 0.717) is 16.9 Å². The Morgan fingerprint density at radius 3 is 2.38 bits per heavy atom. The summed E-state index contributed by atoms with van der Waals surface area (Å²) in [5.74, 6) is 0.109. The van der Waals surface area contributed by atoms with Crippen LogP contribution in [-0.2, 0) is 10.0 Å². The first kappa shape index (κ1) is 15.3. The minimum absolute atomic E-state index is 0.0874. The molecule has 0 spiro atoms. The van der Waals surface area contributed by atoms with E-state index in [9.17, 15) is 8.42 Å². The lowest BCUT2D eigenvalue weighted by molar-refractivity contribution is 0.430. The van der Waals surface area contributed by atoms with Gasteiger partial charge in [0.25, 0.3) is 10.0 Å². The van der Waals surface area contributed by atoms with Gasteiger partial charge < -0.3 is 15.6 Å². The summed E-state index contributed by atoms with van der Waals surface area (Å²) in [6.07, 6.45) is 0. The Bertz CT molecular complexity index is 766. The molecule has 0 amide bonds. The molecule has 1 aromatic heterocycles. The van der Waals surface area contributed by atoms with E-state index < -0.39 is 10.0 Å². The molecule has 21 heavy (non-hydrogen) atoms. The van der Waals surface area contributed by atoms with Crippen LogP contribution >= 0.6 is 12.2 Å². The van der Waals surface area contributed by atoms with Crippen molar-refractivity contribution in [2.45, 2.75) is 18.7 Å². The van der Waals surface area contributed by atoms with Crippen molar-refractivity contribution < 1.29 is 12.9 Å². The molecule has 0 aliphatic heterocycles. The van der Waals surface area contributed by atoms with E-state index >= 15 is 0 Å². The van der Waals surface area contributed by atoms with Crippen molar-refractivity contribution >= 4 is 38.9 Å². The molecule has 2 aromatic rings. The highest BCUT2D eigenvalue weighted by atomic mass is 32.2. The first-order valence-corrected chi connectivity index (χ1v) is 7.81. The fourth-order valence-corrected chi connectivity index (χ4v) is 2.72. The highest BCUT2D eigenvalue weighted by Crippen LogP contribution is 2.22. The summed E-state index contributed by atoms with van der Waals surface area (Å²) in [6, 6.07) is 5.99. The Morgan fingerprint density at radius 2 is 1.90 bits per heavy atom. The number of hydrogen-bond donors (Lipinski definition) is 3. The molecule has 4 N–H and O–H groups in total. The van der Waals surface area contributed by atoms with Gasteiger partial charge in [-0.25, -0.2) is 13.1 Å². The molecule has 0 bridgehead atoms. The maximum atomic E-state index is 12.2. The van der Waals surface area contributed by atoms with Gasteiger partial charge in [0.1, 0.15) is 0 Å². The van der Waals surface area contributed by atoms with Gasteiger partial charge in [0, 0.05) is 11.3 Å². The molecular weight excluding hydrogens is 312 g/mol. The van der Waals surface area contributed by atoms with Crippen molar-refractivity contribution in [3.8, 4) is 0 Å². The summed E-state index contributed by atoms with van der Waals surface area (Å²) in [4.78, 5) is 0.0874. The number of nitrogens with two attached hydrogens (primary N) is 1. The van der Waals surface area contributed by atoms with Crippen molar-refractivity contribution in [1.82, 2.24) is 5.16 Å². The van der Waals surface area contributed by atoms with E-state index in [2.05, 4.69) is 15.2 Å². The van der Waals surface area contributed by atoms with Gasteiger partial charge >= 0.3 is 0 Å². The van der Waals surface area contributed by atoms with Gasteiger partial charge in [-0.05, 0) is 50.3 Å². The van der Waals surface area contributed by atoms with Gasteiger partial charge in [-0.1, -0.05) is 5.16 Å². The first-order valence-electron chi connectivity index (χ1n) is 5.92. The predicted molar refractivity (Wildman–Crippen MR) is 83.6 cm³/mol. The molecule has 1 aromatic carbocycles. The molecule has 0 fully saturated rings. The number of aryl methyl sites for hydroxylation is 1. The second-order valence-electron chi connectivity index (χ2n) is 4.34. The van der Waals surface area contributed by atoms with Crippen molar-refractivity contribution in [3.05, 3.63) is 35.5 Å². The van der Waals surface area contributed by atoms with E-state index in [0.717, 1.165) is 0 Å². The number of anilines is 2. The SMILES string of the molecule is Cc1noc(NS(=O)(=O)c2ccc(NC(N)=S)cc2)c1C. The lowest BCUT2D eigenvalue weighted by Crippen LogP contribution is -2.19. The quantitative estimate of drug-likeness (QED) is 0.734. The average Bonchev–Trinajstić information content (AvgIpc) is 2.70. The normalized spacial score (nSPS) is 11.1. The van der Waals surface area contributed by atoms with Crippen LogP contribution in [-0.4, -0.2) is 18.7 Å². The number of aromatic nitrogens is 1. The molecule has 0 unspecified atom stereocenters. The van der Waals surface area contributed by atoms with Gasteiger partial charge in [-0.2, -0.15) is 0 Å². The molecule has 0 aliphatic carbocycles. The third-order valence-electron chi connectivity index (χ3n) is 2.82. The molecule has 0 saturated heterocycles. The second kappa shape index (κ2) is 5.70. The standard InChI is InChI=1S/C12H14N4O3S2/c1-7-8(2)15-19-11(7)16-21(17,18)10-5-3-9(4-6-10)14-12(13)20/h3-6,16H,1-2H3,(H3,13,14,20). The number of hydrogen-bond acceptors (Lipinski definition) is 5. The molecule has 0 aliphatic rings. The molecule has 0 saturated carbocycles. The first-order chi connectivity index (χ1) is 9.79. The number of sulfonamides is 1. The zero-order valence-corrected chi connectivity index (χ0v) is 13.0. The summed E-state index contributed by atoms with van der Waals surface area (Å²) in [6.45, 7) is 3.45. The third kappa shape index (κ3) is 3.50. The summed E-state index contributed by atoms with van der Waals surface area (Å²) in [5.41, 5.74) is 7.22. The van der Waals surface area contributed by atoms with Gasteiger partial charge in [-0.15, -0.1) is 0 Å². The molecule has 2 rings (SSSR count). The van der Waals surface area contributed by atoms with Crippen LogP contribution < -0.4 is 15.8 Å². The van der Waals surface area contributed by atoms with E-state index in [1.807, 2.05) is 0 Å². The Morgan fingerprint density at radius 1 is 1.29 bits per heavy atom. The number of nitrogens with zero attached hydrogens (tertiary/aromatic N) is 1. The van der Waals surface area contributed by atoms with Gasteiger partial charge in [0.2, 0.25) is 5.88 Å². The summed E-state index contributed by atoms with van der Waals surface area (Å²) in [5, 5.41) is 6.52. The smallest absolute Gasteiger partial charge is 0.264 e. The van der Waals surface area contributed by atoms with Crippen molar-refractivity contribution in [3.63, 3.8) is 0 Å². The van der Waals surface area contributed by atoms with Crippen LogP contribution in [0.15, 0.2) is 33.7 Å². The monoisotopic (exact) mass is 326 g/mol. The topological polar surface area (TPSA) is 110 Å². The molecule has 9 heteroatoms. The van der Waals surface area contributed by atoms with Crippen LogP contribution in [0.1, 0.15) is 11.3 Å². The lowest BCUT2D eigenvalue weighted by Gasteiger charge is -2.07. The van der Waals surface area contributed by atoms with Crippen molar-refractivity contribution in [2.75, 3.05) is 10.0 Å². The van der Waals surface area contributed by atoms with Crippen LogP contribution in [0, 0.1) is 13.8 Å². The molecule has 112 valence electrons. The van der Waals surface area contributed by atoms with E-state index in [1.165, 1.54) is 12.1 Å². The fraction of sp³-hybridized carbons (Fsp3) is 0.167. The average molecular weight is 326 g/mol. The van der Waals surface area contributed by atoms with Crippen LogP contribution in [0.25, 0.3) is 0 Å². The fourth-order valence-electron chi connectivity index (χ4n) is 1.55.